The summed E-state index contributed by atoms with van der Waals surface area (Å²) in [6.07, 6.45) is -0.443. The normalized spacial score (nSPS) is 10.8. The summed E-state index contributed by atoms with van der Waals surface area (Å²) >= 11 is 0. The third-order valence-corrected chi connectivity index (χ3v) is 5.91. The maximum absolute atomic E-state index is 13.3. The van der Waals surface area contributed by atoms with E-state index >= 15 is 0 Å². The van der Waals surface area contributed by atoms with Gasteiger partial charge in [-0.1, -0.05) is 36.4 Å². The topological polar surface area (TPSA) is 78.9 Å². The van der Waals surface area contributed by atoms with Crippen molar-refractivity contribution < 1.29 is 36.4 Å². The standard InChI is InChI=1S/C18H16F2O6Si/c1-12(21)24-27(25-13(2)22,15-6-4-3-5-7-15)26-18(23)11-14-8-9-16(19)17(20)10-14/h3-10H,11H2,1-2H3. The maximum Gasteiger partial charge on any atom is 0.742 e. The van der Waals surface area contributed by atoms with Crippen molar-refractivity contribution in [1.82, 2.24) is 0 Å². The van der Waals surface area contributed by atoms with Gasteiger partial charge in [0.25, 0.3) is 11.9 Å². The molecule has 0 amide bonds. The highest BCUT2D eigenvalue weighted by atomic mass is 28.4. The minimum atomic E-state index is -4.26. The molecule has 0 radical (unpaired) electrons. The first-order valence-electron chi connectivity index (χ1n) is 7.82. The Labute approximate surface area is 155 Å². The first-order valence-corrected chi connectivity index (χ1v) is 9.55. The molecule has 0 saturated heterocycles. The lowest BCUT2D eigenvalue weighted by atomic mass is 10.1. The number of carbonyl (C=O) groups is 3. The van der Waals surface area contributed by atoms with E-state index in [-0.39, 0.29) is 10.8 Å². The zero-order valence-electron chi connectivity index (χ0n) is 14.5. The molecule has 0 fully saturated rings. The van der Waals surface area contributed by atoms with Gasteiger partial charge in [-0.2, -0.15) is 0 Å². The van der Waals surface area contributed by atoms with Gasteiger partial charge < -0.3 is 13.3 Å². The van der Waals surface area contributed by atoms with Crippen molar-refractivity contribution in [3.8, 4) is 0 Å². The highest BCUT2D eigenvalue weighted by Crippen LogP contribution is 2.15. The number of hydrogen-bond donors (Lipinski definition) is 0. The Kier molecular flexibility index (Phi) is 6.40. The molecule has 27 heavy (non-hydrogen) atoms. The third-order valence-electron chi connectivity index (χ3n) is 3.26. The number of benzene rings is 2. The minimum absolute atomic E-state index is 0.139. The van der Waals surface area contributed by atoms with Gasteiger partial charge in [-0.05, 0) is 17.7 Å². The van der Waals surface area contributed by atoms with Crippen LogP contribution in [-0.2, 0) is 34.1 Å². The number of carbonyl (C=O) groups excluding carboxylic acids is 3. The number of halogens is 2. The quantitative estimate of drug-likeness (QED) is 0.698. The van der Waals surface area contributed by atoms with Gasteiger partial charge in [0.15, 0.2) is 11.6 Å². The molecule has 0 atom stereocenters. The zero-order chi connectivity index (χ0) is 20.0. The molecule has 0 aliphatic rings. The minimum Gasteiger partial charge on any atom is -0.452 e. The van der Waals surface area contributed by atoms with E-state index in [2.05, 4.69) is 0 Å². The van der Waals surface area contributed by atoms with Crippen LogP contribution in [0.4, 0.5) is 8.78 Å². The van der Waals surface area contributed by atoms with Gasteiger partial charge in [-0.15, -0.1) is 0 Å². The molecule has 0 aromatic heterocycles. The summed E-state index contributed by atoms with van der Waals surface area (Å²) in [5, 5.41) is 0.217. The highest BCUT2D eigenvalue weighted by Gasteiger charge is 2.54. The Hall–Kier alpha value is -3.07. The second-order valence-electron chi connectivity index (χ2n) is 5.51. The average Bonchev–Trinajstić information content (AvgIpc) is 2.57. The molecule has 0 aliphatic carbocycles. The van der Waals surface area contributed by atoms with Crippen molar-refractivity contribution >= 4 is 31.9 Å². The van der Waals surface area contributed by atoms with Crippen molar-refractivity contribution in [2.75, 3.05) is 0 Å². The van der Waals surface area contributed by atoms with Crippen molar-refractivity contribution in [3.63, 3.8) is 0 Å². The summed E-state index contributed by atoms with van der Waals surface area (Å²) in [6.45, 7) is 2.16. The van der Waals surface area contributed by atoms with Crippen molar-refractivity contribution in [3.05, 3.63) is 65.7 Å². The summed E-state index contributed by atoms with van der Waals surface area (Å²) in [4.78, 5) is 35.5. The molecule has 0 unspecified atom stereocenters. The lowest BCUT2D eigenvalue weighted by Crippen LogP contribution is -2.59. The summed E-state index contributed by atoms with van der Waals surface area (Å²) in [5.41, 5.74) is 0.139. The number of hydrogen-bond acceptors (Lipinski definition) is 6. The second kappa shape index (κ2) is 8.54. The number of rotatable bonds is 6. The molecule has 0 spiro atoms. The molecular formula is C18H16F2O6Si. The van der Waals surface area contributed by atoms with Crippen LogP contribution >= 0.6 is 0 Å². The first kappa shape index (κ1) is 20.2. The van der Waals surface area contributed by atoms with Crippen molar-refractivity contribution in [2.24, 2.45) is 0 Å². The lowest BCUT2D eigenvalue weighted by Gasteiger charge is -2.26. The summed E-state index contributed by atoms with van der Waals surface area (Å²) in [7, 11) is -4.26. The van der Waals surface area contributed by atoms with Crippen molar-refractivity contribution in [1.29, 1.82) is 0 Å². The van der Waals surface area contributed by atoms with E-state index in [1.54, 1.807) is 18.2 Å². The van der Waals surface area contributed by atoms with Gasteiger partial charge >= 0.3 is 14.8 Å². The Morgan fingerprint density at radius 1 is 0.852 bits per heavy atom. The Morgan fingerprint density at radius 3 is 1.96 bits per heavy atom. The van der Waals surface area contributed by atoms with Gasteiger partial charge in [0, 0.05) is 13.8 Å². The molecule has 2 aromatic carbocycles. The van der Waals surface area contributed by atoms with E-state index in [4.69, 9.17) is 13.3 Å². The van der Waals surface area contributed by atoms with Gasteiger partial charge in [0.2, 0.25) is 0 Å². The molecular weight excluding hydrogens is 378 g/mol. The molecule has 0 saturated carbocycles. The molecule has 0 N–H and O–H groups in total. The van der Waals surface area contributed by atoms with E-state index in [0.29, 0.717) is 0 Å². The van der Waals surface area contributed by atoms with Crippen LogP contribution < -0.4 is 5.19 Å². The first-order chi connectivity index (χ1) is 12.7. The molecule has 9 heteroatoms. The Morgan fingerprint density at radius 2 is 1.44 bits per heavy atom. The SMILES string of the molecule is CC(=O)O[Si](OC(C)=O)(OC(=O)Cc1ccc(F)c(F)c1)c1ccccc1. The smallest absolute Gasteiger partial charge is 0.452 e. The van der Waals surface area contributed by atoms with Crippen LogP contribution in [0, 0.1) is 11.6 Å². The van der Waals surface area contributed by atoms with Crippen LogP contribution in [0.1, 0.15) is 19.4 Å². The van der Waals surface area contributed by atoms with Crippen LogP contribution in [0.5, 0.6) is 0 Å². The fourth-order valence-corrected chi connectivity index (χ4v) is 4.47. The van der Waals surface area contributed by atoms with E-state index < -0.39 is 44.8 Å². The van der Waals surface area contributed by atoms with Crippen LogP contribution in [0.2, 0.25) is 0 Å². The van der Waals surface area contributed by atoms with Gasteiger partial charge in [0.05, 0.1) is 11.6 Å². The average molecular weight is 394 g/mol. The van der Waals surface area contributed by atoms with E-state index in [9.17, 15) is 23.2 Å². The van der Waals surface area contributed by atoms with Gasteiger partial charge in [-0.25, -0.2) is 8.78 Å². The fraction of sp³-hybridized carbons (Fsp3) is 0.167. The van der Waals surface area contributed by atoms with Crippen LogP contribution in [-0.4, -0.2) is 26.7 Å². The molecule has 2 rings (SSSR count). The van der Waals surface area contributed by atoms with Gasteiger partial charge in [0.1, 0.15) is 0 Å². The molecule has 0 bridgehead atoms. The molecule has 2 aromatic rings. The van der Waals surface area contributed by atoms with Gasteiger partial charge in [-0.3, -0.25) is 14.4 Å². The van der Waals surface area contributed by atoms with Crippen molar-refractivity contribution in [2.45, 2.75) is 20.3 Å². The predicted octanol–water partition coefficient (Wildman–Crippen LogP) is 2.02. The fourth-order valence-electron chi connectivity index (χ4n) is 2.26. The van der Waals surface area contributed by atoms with E-state index in [0.717, 1.165) is 26.0 Å². The zero-order valence-corrected chi connectivity index (χ0v) is 15.5. The maximum atomic E-state index is 13.3. The van der Waals surface area contributed by atoms with Crippen LogP contribution in [0.25, 0.3) is 0 Å². The summed E-state index contributed by atoms with van der Waals surface area (Å²) in [5.74, 6) is -4.73. The monoisotopic (exact) mass is 394 g/mol. The second-order valence-corrected chi connectivity index (χ2v) is 7.81. The predicted molar refractivity (Wildman–Crippen MR) is 91.5 cm³/mol. The molecule has 0 aliphatic heterocycles. The molecule has 6 nitrogen and oxygen atoms in total. The van der Waals surface area contributed by atoms with Crippen LogP contribution in [0.3, 0.4) is 0 Å². The Balaban J connectivity index is 2.34. The largest absolute Gasteiger partial charge is 0.742 e. The molecule has 0 heterocycles. The summed E-state index contributed by atoms with van der Waals surface area (Å²) < 4.78 is 42.0. The summed E-state index contributed by atoms with van der Waals surface area (Å²) in [6, 6.07) is 10.8. The highest BCUT2D eigenvalue weighted by molar-refractivity contribution is 6.79. The third kappa shape index (κ3) is 5.45. The van der Waals surface area contributed by atoms with E-state index in [1.165, 1.54) is 18.2 Å². The molecule has 142 valence electrons. The van der Waals surface area contributed by atoms with E-state index in [1.807, 2.05) is 0 Å². The van der Waals surface area contributed by atoms with Crippen LogP contribution in [0.15, 0.2) is 48.5 Å². The Bertz CT molecular complexity index is 840. The lowest BCUT2D eigenvalue weighted by molar-refractivity contribution is -0.147.